The zero-order chi connectivity index (χ0) is 34.9. The van der Waals surface area contributed by atoms with E-state index in [1.165, 1.54) is 43.7 Å². The summed E-state index contributed by atoms with van der Waals surface area (Å²) in [6, 6.07) is 69.7. The van der Waals surface area contributed by atoms with Gasteiger partial charge in [-0.3, -0.25) is 0 Å². The van der Waals surface area contributed by atoms with Crippen molar-refractivity contribution < 1.29 is 4.42 Å². The number of anilines is 3. The van der Waals surface area contributed by atoms with Crippen molar-refractivity contribution in [2.45, 2.75) is 0 Å². The highest BCUT2D eigenvalue weighted by atomic mass is 16.3. The molecule has 0 bridgehead atoms. The molecule has 3 nitrogen and oxygen atoms in total. The normalized spacial score (nSPS) is 11.8. The minimum absolute atomic E-state index is 0.870. The topological polar surface area (TPSA) is 21.3 Å². The van der Waals surface area contributed by atoms with Crippen LogP contribution in [0.1, 0.15) is 0 Å². The lowest BCUT2D eigenvalue weighted by Crippen LogP contribution is -2.10. The van der Waals surface area contributed by atoms with Gasteiger partial charge in [-0.05, 0) is 99.8 Å². The first-order valence-electron chi connectivity index (χ1n) is 18.1. The fourth-order valence-corrected chi connectivity index (χ4v) is 8.28. The lowest BCUT2D eigenvalue weighted by atomic mass is 10.0. The van der Waals surface area contributed by atoms with Crippen LogP contribution in [0.25, 0.3) is 82.5 Å². The van der Waals surface area contributed by atoms with E-state index >= 15 is 0 Å². The first-order valence-corrected chi connectivity index (χ1v) is 18.1. The van der Waals surface area contributed by atoms with Crippen molar-refractivity contribution in [2.75, 3.05) is 4.90 Å². The highest BCUT2D eigenvalue weighted by Gasteiger charge is 2.19. The van der Waals surface area contributed by atoms with Crippen molar-refractivity contribution in [2.24, 2.45) is 0 Å². The van der Waals surface area contributed by atoms with E-state index in [4.69, 9.17) is 4.42 Å². The smallest absolute Gasteiger partial charge is 0.137 e. The number of hydrogen-bond donors (Lipinski definition) is 0. The van der Waals surface area contributed by atoms with Gasteiger partial charge >= 0.3 is 0 Å². The van der Waals surface area contributed by atoms with Gasteiger partial charge in [0, 0.05) is 50.4 Å². The molecule has 0 radical (unpaired) electrons. The lowest BCUT2D eigenvalue weighted by Gasteiger charge is -2.26. The molecule has 0 atom stereocenters. The van der Waals surface area contributed by atoms with Gasteiger partial charge in [-0.2, -0.15) is 0 Å². The SMILES string of the molecule is c1ccc(-c2ccc(N(c3cccc(-c4cccc(-n5c6cccc7ccc8cccc5c8c76)c4)c3)c3ccc4c(c3)oc3ccccc34)cc2)cc1. The Morgan fingerprint density at radius 3 is 1.72 bits per heavy atom. The van der Waals surface area contributed by atoms with Gasteiger partial charge in [0.25, 0.3) is 0 Å². The van der Waals surface area contributed by atoms with E-state index in [1.54, 1.807) is 0 Å². The van der Waals surface area contributed by atoms with Crippen LogP contribution in [0.15, 0.2) is 199 Å². The summed E-state index contributed by atoms with van der Waals surface area (Å²) in [4.78, 5) is 2.33. The summed E-state index contributed by atoms with van der Waals surface area (Å²) < 4.78 is 8.80. The molecule has 3 heteroatoms. The second-order valence-electron chi connectivity index (χ2n) is 13.8. The van der Waals surface area contributed by atoms with Crippen LogP contribution in [-0.4, -0.2) is 4.57 Å². The third kappa shape index (κ3) is 4.75. The van der Waals surface area contributed by atoms with Gasteiger partial charge in [0.1, 0.15) is 11.2 Å². The average molecular weight is 677 g/mol. The summed E-state index contributed by atoms with van der Waals surface area (Å²) in [6.07, 6.45) is 0. The first kappa shape index (κ1) is 29.6. The van der Waals surface area contributed by atoms with Gasteiger partial charge < -0.3 is 13.9 Å². The standard InChI is InChI=1S/C50H32N2O/c1-2-10-33(11-3-1)34-24-26-39(27-25-34)51(42-28-29-44-43-18-4-5-21-47(43)53-48(44)32-42)40-16-6-14-37(30-40)38-15-7-17-41(31-38)52-45-19-8-12-35-22-23-36-13-9-20-46(52)50(36)49(35)45/h1-32H. The molecule has 0 N–H and O–H groups in total. The van der Waals surface area contributed by atoms with E-state index in [0.29, 0.717) is 0 Å². The van der Waals surface area contributed by atoms with Crippen LogP contribution < -0.4 is 4.90 Å². The summed E-state index contributed by atoms with van der Waals surface area (Å²) >= 11 is 0. The molecule has 0 saturated heterocycles. The van der Waals surface area contributed by atoms with E-state index in [2.05, 4.69) is 191 Å². The highest BCUT2D eigenvalue weighted by molar-refractivity contribution is 6.24. The van der Waals surface area contributed by atoms with Crippen LogP contribution in [0.5, 0.6) is 0 Å². The maximum absolute atomic E-state index is 6.38. The second-order valence-corrected chi connectivity index (χ2v) is 13.8. The molecule has 9 aromatic carbocycles. The number of furan rings is 1. The van der Waals surface area contributed by atoms with Crippen LogP contribution in [0.4, 0.5) is 17.1 Å². The van der Waals surface area contributed by atoms with Crippen LogP contribution in [0.3, 0.4) is 0 Å². The maximum atomic E-state index is 6.38. The fraction of sp³-hybridized carbons (Fsp3) is 0. The average Bonchev–Trinajstić information content (AvgIpc) is 3.77. The van der Waals surface area contributed by atoms with Crippen LogP contribution >= 0.6 is 0 Å². The van der Waals surface area contributed by atoms with Gasteiger partial charge in [0.2, 0.25) is 0 Å². The molecule has 2 aromatic heterocycles. The molecule has 53 heavy (non-hydrogen) atoms. The van der Waals surface area contributed by atoms with Gasteiger partial charge in [0.15, 0.2) is 0 Å². The Hall–Kier alpha value is -7.10. The molecule has 248 valence electrons. The molecule has 0 aliphatic rings. The molecule has 0 aliphatic heterocycles. The zero-order valence-corrected chi connectivity index (χ0v) is 28.8. The van der Waals surface area contributed by atoms with E-state index in [-0.39, 0.29) is 0 Å². The van der Waals surface area contributed by atoms with Crippen molar-refractivity contribution in [3.05, 3.63) is 194 Å². The van der Waals surface area contributed by atoms with Crippen molar-refractivity contribution in [1.82, 2.24) is 4.57 Å². The quantitative estimate of drug-likeness (QED) is 0.164. The first-order chi connectivity index (χ1) is 26.3. The summed E-state index contributed by atoms with van der Waals surface area (Å²) in [5.74, 6) is 0. The molecule has 2 heterocycles. The number of aromatic nitrogens is 1. The minimum Gasteiger partial charge on any atom is -0.456 e. The van der Waals surface area contributed by atoms with Crippen LogP contribution in [0, 0.1) is 0 Å². The van der Waals surface area contributed by atoms with Crippen molar-refractivity contribution in [3.63, 3.8) is 0 Å². The van der Waals surface area contributed by atoms with E-state index in [0.717, 1.165) is 55.8 Å². The van der Waals surface area contributed by atoms with E-state index in [1.807, 2.05) is 12.1 Å². The van der Waals surface area contributed by atoms with Crippen molar-refractivity contribution in [3.8, 4) is 27.9 Å². The number of fused-ring (bicyclic) bond motifs is 3. The summed E-state index contributed by atoms with van der Waals surface area (Å²) in [6.45, 7) is 0. The molecule has 0 aliphatic carbocycles. The third-order valence-corrected chi connectivity index (χ3v) is 10.7. The molecule has 0 fully saturated rings. The summed E-state index contributed by atoms with van der Waals surface area (Å²) in [5.41, 5.74) is 13.2. The largest absolute Gasteiger partial charge is 0.456 e. The third-order valence-electron chi connectivity index (χ3n) is 10.7. The fourth-order valence-electron chi connectivity index (χ4n) is 8.28. The van der Waals surface area contributed by atoms with Crippen LogP contribution in [-0.2, 0) is 0 Å². The van der Waals surface area contributed by atoms with Gasteiger partial charge in [-0.1, -0.05) is 121 Å². The molecule has 0 amide bonds. The van der Waals surface area contributed by atoms with Crippen molar-refractivity contribution in [1.29, 1.82) is 0 Å². The molecule has 11 rings (SSSR count). The van der Waals surface area contributed by atoms with Gasteiger partial charge in [0.05, 0.1) is 11.0 Å². The summed E-state index contributed by atoms with van der Waals surface area (Å²) in [5, 5.41) is 7.43. The molecule has 0 spiro atoms. The molecular weight excluding hydrogens is 645 g/mol. The predicted octanol–water partition coefficient (Wildman–Crippen LogP) is 14.1. The minimum atomic E-state index is 0.870. The number of para-hydroxylation sites is 1. The lowest BCUT2D eigenvalue weighted by molar-refractivity contribution is 0.669. The molecule has 11 aromatic rings. The Labute approximate surface area is 306 Å². The monoisotopic (exact) mass is 676 g/mol. The Balaban J connectivity index is 1.05. The summed E-state index contributed by atoms with van der Waals surface area (Å²) in [7, 11) is 0. The molecular formula is C50H32N2O. The number of hydrogen-bond acceptors (Lipinski definition) is 2. The molecule has 0 unspecified atom stereocenters. The van der Waals surface area contributed by atoms with E-state index in [9.17, 15) is 0 Å². The van der Waals surface area contributed by atoms with Gasteiger partial charge in [-0.25, -0.2) is 0 Å². The Bertz CT molecular complexity index is 3050. The van der Waals surface area contributed by atoms with E-state index < -0.39 is 0 Å². The Kier molecular flexibility index (Phi) is 6.55. The number of benzene rings is 9. The Morgan fingerprint density at radius 2 is 0.943 bits per heavy atom. The van der Waals surface area contributed by atoms with Crippen molar-refractivity contribution >= 4 is 71.6 Å². The number of rotatable bonds is 6. The second kappa shape index (κ2) is 11.7. The predicted molar refractivity (Wildman–Crippen MR) is 222 cm³/mol. The zero-order valence-electron chi connectivity index (χ0n) is 28.8. The maximum Gasteiger partial charge on any atom is 0.137 e. The Morgan fingerprint density at radius 1 is 0.358 bits per heavy atom. The van der Waals surface area contributed by atoms with Crippen LogP contribution in [0.2, 0.25) is 0 Å². The van der Waals surface area contributed by atoms with Gasteiger partial charge in [-0.15, -0.1) is 0 Å². The molecule has 0 saturated carbocycles. The number of nitrogens with zero attached hydrogens (tertiary/aromatic N) is 2. The highest BCUT2D eigenvalue weighted by Crippen LogP contribution is 2.42.